The second-order valence-electron chi connectivity index (χ2n) is 4.19. The van der Waals surface area contributed by atoms with Gasteiger partial charge in [0.1, 0.15) is 0 Å². The number of nitrogens with one attached hydrogen (secondary N) is 1. The summed E-state index contributed by atoms with van der Waals surface area (Å²) < 4.78 is 41.9. The van der Waals surface area contributed by atoms with Crippen molar-refractivity contribution >= 4 is 31.9 Å². The Morgan fingerprint density at radius 2 is 1.55 bits per heavy atom. The minimum Gasteiger partial charge on any atom is -0.309 e. The van der Waals surface area contributed by atoms with Gasteiger partial charge in [0.2, 0.25) is 0 Å². The van der Waals surface area contributed by atoms with Crippen molar-refractivity contribution in [3.8, 4) is 0 Å². The van der Waals surface area contributed by atoms with Gasteiger partial charge in [0.15, 0.2) is 17.5 Å². The summed E-state index contributed by atoms with van der Waals surface area (Å²) in [7, 11) is 1.63. The van der Waals surface area contributed by atoms with Gasteiger partial charge in [-0.25, -0.2) is 13.2 Å². The van der Waals surface area contributed by atoms with E-state index in [1.54, 1.807) is 19.2 Å². The Morgan fingerprint density at radius 3 is 2.10 bits per heavy atom. The predicted molar refractivity (Wildman–Crippen MR) is 79.1 cm³/mol. The van der Waals surface area contributed by atoms with E-state index < -0.39 is 23.5 Å². The third-order valence-electron chi connectivity index (χ3n) is 2.88. The van der Waals surface area contributed by atoms with Crippen LogP contribution >= 0.6 is 31.9 Å². The predicted octanol–water partition coefficient (Wildman–Crippen LogP) is 4.94. The van der Waals surface area contributed by atoms with Gasteiger partial charge in [0.25, 0.3) is 0 Å². The van der Waals surface area contributed by atoms with Gasteiger partial charge in [0.05, 0.1) is 6.04 Å². The molecule has 106 valence electrons. The Labute approximate surface area is 131 Å². The number of benzene rings is 2. The molecular formula is C14H10Br2F3N. The van der Waals surface area contributed by atoms with Crippen LogP contribution in [0.15, 0.2) is 39.3 Å². The third-order valence-corrected chi connectivity index (χ3v) is 3.80. The van der Waals surface area contributed by atoms with Crippen molar-refractivity contribution < 1.29 is 13.2 Å². The molecule has 0 amide bonds. The number of halogens is 5. The summed E-state index contributed by atoms with van der Waals surface area (Å²) in [6.45, 7) is 0. The van der Waals surface area contributed by atoms with Crippen LogP contribution in [-0.2, 0) is 0 Å². The molecule has 0 aliphatic carbocycles. The molecule has 0 heterocycles. The molecular weight excluding hydrogens is 399 g/mol. The fraction of sp³-hybridized carbons (Fsp3) is 0.143. The molecule has 0 saturated heterocycles. The molecule has 0 aliphatic heterocycles. The molecule has 0 bridgehead atoms. The summed E-state index contributed by atoms with van der Waals surface area (Å²) >= 11 is 6.68. The molecule has 0 radical (unpaired) electrons. The topological polar surface area (TPSA) is 12.0 Å². The number of hydrogen-bond donors (Lipinski definition) is 1. The molecule has 1 unspecified atom stereocenters. The van der Waals surface area contributed by atoms with E-state index in [2.05, 4.69) is 37.2 Å². The minimum atomic E-state index is -1.46. The second-order valence-corrected chi connectivity index (χ2v) is 6.02. The largest absolute Gasteiger partial charge is 0.309 e. The highest BCUT2D eigenvalue weighted by Gasteiger charge is 2.21. The Morgan fingerprint density at radius 1 is 0.950 bits per heavy atom. The van der Waals surface area contributed by atoms with E-state index in [1.165, 1.54) is 6.07 Å². The molecule has 0 saturated carbocycles. The van der Waals surface area contributed by atoms with E-state index in [9.17, 15) is 13.2 Å². The molecule has 0 aliphatic rings. The molecule has 20 heavy (non-hydrogen) atoms. The summed E-state index contributed by atoms with van der Waals surface area (Å²) in [6, 6.07) is 6.98. The van der Waals surface area contributed by atoms with Gasteiger partial charge in [-0.2, -0.15) is 0 Å². The maximum Gasteiger partial charge on any atom is 0.194 e. The van der Waals surface area contributed by atoms with Crippen LogP contribution in [0.2, 0.25) is 0 Å². The van der Waals surface area contributed by atoms with Gasteiger partial charge in [-0.1, -0.05) is 37.9 Å². The van der Waals surface area contributed by atoms with Gasteiger partial charge in [-0.15, -0.1) is 0 Å². The zero-order chi connectivity index (χ0) is 14.9. The Bertz CT molecular complexity index is 626. The fourth-order valence-corrected chi connectivity index (χ4v) is 3.34. The average molecular weight is 409 g/mol. The van der Waals surface area contributed by atoms with Crippen LogP contribution in [0.5, 0.6) is 0 Å². The Balaban J connectivity index is 2.55. The molecule has 2 aromatic carbocycles. The zero-order valence-corrected chi connectivity index (χ0v) is 13.5. The molecule has 6 heteroatoms. The van der Waals surface area contributed by atoms with Crippen LogP contribution in [0.1, 0.15) is 17.2 Å². The lowest BCUT2D eigenvalue weighted by atomic mass is 9.98. The smallest absolute Gasteiger partial charge is 0.194 e. The van der Waals surface area contributed by atoms with Crippen molar-refractivity contribution in [1.29, 1.82) is 0 Å². The lowest BCUT2D eigenvalue weighted by Crippen LogP contribution is -2.20. The van der Waals surface area contributed by atoms with Crippen molar-refractivity contribution in [3.05, 3.63) is 67.9 Å². The summed E-state index contributed by atoms with van der Waals surface area (Å²) in [5, 5.41) is 2.91. The molecule has 0 spiro atoms. The summed E-state index contributed by atoms with van der Waals surface area (Å²) in [4.78, 5) is 0. The monoisotopic (exact) mass is 407 g/mol. The van der Waals surface area contributed by atoms with E-state index in [0.29, 0.717) is 0 Å². The van der Waals surface area contributed by atoms with E-state index in [0.717, 1.165) is 20.6 Å². The molecule has 0 fully saturated rings. The lowest BCUT2D eigenvalue weighted by molar-refractivity contribution is 0.435. The van der Waals surface area contributed by atoms with Crippen molar-refractivity contribution in [2.24, 2.45) is 0 Å². The van der Waals surface area contributed by atoms with Gasteiger partial charge in [-0.3, -0.25) is 0 Å². The first-order valence-corrected chi connectivity index (χ1v) is 7.29. The summed E-state index contributed by atoms with van der Waals surface area (Å²) in [6.07, 6.45) is 0. The van der Waals surface area contributed by atoms with Crippen LogP contribution in [-0.4, -0.2) is 7.05 Å². The average Bonchev–Trinajstić information content (AvgIpc) is 2.38. The molecule has 2 rings (SSSR count). The SMILES string of the molecule is CNC(c1cc(Br)cc(Br)c1)c1ccc(F)c(F)c1F. The molecule has 1 nitrogen and oxygen atoms in total. The Kier molecular flexibility index (Phi) is 4.88. The number of rotatable bonds is 3. The van der Waals surface area contributed by atoms with Crippen LogP contribution < -0.4 is 5.32 Å². The molecule has 0 aromatic heterocycles. The van der Waals surface area contributed by atoms with E-state index in [1.807, 2.05) is 6.07 Å². The highest BCUT2D eigenvalue weighted by atomic mass is 79.9. The minimum absolute atomic E-state index is 0.0522. The zero-order valence-electron chi connectivity index (χ0n) is 10.4. The first-order chi connectivity index (χ1) is 9.43. The van der Waals surface area contributed by atoms with Crippen molar-refractivity contribution in [3.63, 3.8) is 0 Å². The van der Waals surface area contributed by atoms with Gasteiger partial charge in [-0.05, 0) is 36.9 Å². The molecule has 1 N–H and O–H groups in total. The summed E-state index contributed by atoms with van der Waals surface area (Å²) in [5.41, 5.74) is 0.773. The second kappa shape index (κ2) is 6.28. The molecule has 1 atom stereocenters. The van der Waals surface area contributed by atoms with Crippen molar-refractivity contribution in [1.82, 2.24) is 5.32 Å². The van der Waals surface area contributed by atoms with E-state index in [4.69, 9.17) is 0 Å². The normalized spacial score (nSPS) is 12.5. The third kappa shape index (κ3) is 3.07. The maximum absolute atomic E-state index is 13.9. The van der Waals surface area contributed by atoms with Crippen LogP contribution in [0.4, 0.5) is 13.2 Å². The lowest BCUT2D eigenvalue weighted by Gasteiger charge is -2.19. The quantitative estimate of drug-likeness (QED) is 0.709. The van der Waals surface area contributed by atoms with Crippen molar-refractivity contribution in [2.75, 3.05) is 7.05 Å². The van der Waals surface area contributed by atoms with Crippen LogP contribution in [0, 0.1) is 17.5 Å². The van der Waals surface area contributed by atoms with Gasteiger partial charge < -0.3 is 5.32 Å². The maximum atomic E-state index is 13.9. The van der Waals surface area contributed by atoms with E-state index >= 15 is 0 Å². The van der Waals surface area contributed by atoms with Crippen LogP contribution in [0.3, 0.4) is 0 Å². The van der Waals surface area contributed by atoms with Gasteiger partial charge >= 0.3 is 0 Å². The first kappa shape index (κ1) is 15.5. The highest BCUT2D eigenvalue weighted by molar-refractivity contribution is 9.11. The molecule has 2 aromatic rings. The van der Waals surface area contributed by atoms with Gasteiger partial charge in [0, 0.05) is 14.5 Å². The fourth-order valence-electron chi connectivity index (χ4n) is 2.01. The van der Waals surface area contributed by atoms with E-state index in [-0.39, 0.29) is 5.56 Å². The highest BCUT2D eigenvalue weighted by Crippen LogP contribution is 2.30. The van der Waals surface area contributed by atoms with Crippen LogP contribution in [0.25, 0.3) is 0 Å². The number of hydrogen-bond acceptors (Lipinski definition) is 1. The first-order valence-electron chi connectivity index (χ1n) is 5.70. The Hall–Kier alpha value is -0.850. The standard InChI is InChI=1S/C14H10Br2F3N/c1-20-14(7-4-8(15)6-9(16)5-7)10-2-3-11(17)13(19)12(10)18/h2-6,14,20H,1H3. The van der Waals surface area contributed by atoms with Crippen molar-refractivity contribution in [2.45, 2.75) is 6.04 Å². The summed E-state index contributed by atoms with van der Waals surface area (Å²) in [5.74, 6) is -3.84.